The van der Waals surface area contributed by atoms with E-state index in [0.29, 0.717) is 17.7 Å². The molecule has 7 heteroatoms. The van der Waals surface area contributed by atoms with Gasteiger partial charge in [0.05, 0.1) is 6.42 Å². The first-order valence-electron chi connectivity index (χ1n) is 11.6. The number of benzene rings is 3. The molecular formula is C28H28N2O5. The van der Waals surface area contributed by atoms with Crippen LogP contribution in [0.1, 0.15) is 42.4 Å². The molecule has 3 aromatic carbocycles. The fourth-order valence-electron chi connectivity index (χ4n) is 4.42. The normalized spacial score (nSPS) is 12.8. The molecule has 7 nitrogen and oxygen atoms in total. The van der Waals surface area contributed by atoms with Crippen LogP contribution < -0.4 is 10.6 Å². The monoisotopic (exact) mass is 472 g/mol. The summed E-state index contributed by atoms with van der Waals surface area (Å²) in [7, 11) is 0. The Kier molecular flexibility index (Phi) is 7.45. The van der Waals surface area contributed by atoms with Crippen LogP contribution in [-0.2, 0) is 20.7 Å². The third kappa shape index (κ3) is 6.06. The average Bonchev–Trinajstić information content (AvgIpc) is 3.15. The summed E-state index contributed by atoms with van der Waals surface area (Å²) < 4.78 is 5.56. The molecule has 0 aromatic heterocycles. The van der Waals surface area contributed by atoms with Gasteiger partial charge in [-0.05, 0) is 53.3 Å². The summed E-state index contributed by atoms with van der Waals surface area (Å²) in [6.07, 6.45) is 0.0185. The molecule has 0 spiro atoms. The van der Waals surface area contributed by atoms with Crippen molar-refractivity contribution in [3.63, 3.8) is 0 Å². The number of ether oxygens (including phenoxy) is 1. The van der Waals surface area contributed by atoms with Crippen LogP contribution in [-0.4, -0.2) is 35.7 Å². The van der Waals surface area contributed by atoms with Crippen LogP contribution in [0.15, 0.2) is 72.8 Å². The zero-order valence-electron chi connectivity index (χ0n) is 19.5. The molecule has 1 unspecified atom stereocenters. The number of amides is 2. The zero-order valence-corrected chi connectivity index (χ0v) is 19.5. The van der Waals surface area contributed by atoms with Crippen LogP contribution >= 0.6 is 0 Å². The van der Waals surface area contributed by atoms with E-state index < -0.39 is 12.1 Å². The molecule has 3 aromatic rings. The van der Waals surface area contributed by atoms with E-state index >= 15 is 0 Å². The van der Waals surface area contributed by atoms with Crippen molar-refractivity contribution in [3.8, 4) is 11.1 Å². The van der Waals surface area contributed by atoms with Crippen LogP contribution in [0.2, 0.25) is 0 Å². The van der Waals surface area contributed by atoms with Gasteiger partial charge in [-0.25, -0.2) is 4.79 Å². The highest BCUT2D eigenvalue weighted by atomic mass is 16.5. The quantitative estimate of drug-likeness (QED) is 0.408. The van der Waals surface area contributed by atoms with Gasteiger partial charge in [-0.2, -0.15) is 0 Å². The molecule has 180 valence electrons. The first-order valence-corrected chi connectivity index (χ1v) is 11.6. The third-order valence-electron chi connectivity index (χ3n) is 6.08. The predicted octanol–water partition coefficient (Wildman–Crippen LogP) is 4.96. The van der Waals surface area contributed by atoms with E-state index in [9.17, 15) is 14.4 Å². The van der Waals surface area contributed by atoms with Crippen LogP contribution in [0.3, 0.4) is 0 Å². The lowest BCUT2D eigenvalue weighted by Crippen LogP contribution is -2.34. The predicted molar refractivity (Wildman–Crippen MR) is 133 cm³/mol. The number of nitrogens with one attached hydrogen (secondary N) is 2. The van der Waals surface area contributed by atoms with Gasteiger partial charge in [0.1, 0.15) is 6.61 Å². The van der Waals surface area contributed by atoms with E-state index in [1.54, 1.807) is 24.3 Å². The summed E-state index contributed by atoms with van der Waals surface area (Å²) in [6, 6.07) is 22.8. The molecule has 1 aliphatic carbocycles. The van der Waals surface area contributed by atoms with Crippen molar-refractivity contribution >= 4 is 23.7 Å². The summed E-state index contributed by atoms with van der Waals surface area (Å²) >= 11 is 0. The number of carbonyl (C=O) groups is 3. The fraction of sp³-hybridized carbons (Fsp3) is 0.250. The number of hydrogen-bond acceptors (Lipinski definition) is 4. The van der Waals surface area contributed by atoms with Gasteiger partial charge in [0.25, 0.3) is 0 Å². The van der Waals surface area contributed by atoms with Gasteiger partial charge in [0.2, 0.25) is 5.91 Å². The molecular weight excluding hydrogens is 444 g/mol. The van der Waals surface area contributed by atoms with Crippen LogP contribution in [0.25, 0.3) is 11.1 Å². The number of rotatable bonds is 9. The van der Waals surface area contributed by atoms with Crippen LogP contribution in [0, 0.1) is 0 Å². The standard InChI is InChI=1S/C28H28N2O5/c1-18(13-14-26(31)30-20-8-6-7-19(15-20)16-27(32)33)29-28(34)35-17-25-23-11-4-2-9-21(23)22-10-3-5-12-24(22)25/h2-12,15,18,25H,13-14,16-17H2,1H3,(H,29,34)(H,30,31)(H,32,33). The van der Waals surface area contributed by atoms with Crippen molar-refractivity contribution in [3.05, 3.63) is 89.5 Å². The number of carboxylic acids is 1. The lowest BCUT2D eigenvalue weighted by Gasteiger charge is -2.17. The second-order valence-corrected chi connectivity index (χ2v) is 8.73. The van der Waals surface area contributed by atoms with Gasteiger partial charge >= 0.3 is 12.1 Å². The van der Waals surface area contributed by atoms with Crippen molar-refractivity contribution in [2.45, 2.75) is 38.1 Å². The zero-order chi connectivity index (χ0) is 24.8. The highest BCUT2D eigenvalue weighted by Gasteiger charge is 2.29. The fourth-order valence-corrected chi connectivity index (χ4v) is 4.42. The van der Waals surface area contributed by atoms with E-state index in [2.05, 4.69) is 34.9 Å². The van der Waals surface area contributed by atoms with Gasteiger partial charge in [-0.3, -0.25) is 9.59 Å². The van der Waals surface area contributed by atoms with Gasteiger partial charge < -0.3 is 20.5 Å². The van der Waals surface area contributed by atoms with Crippen molar-refractivity contribution in [2.75, 3.05) is 11.9 Å². The van der Waals surface area contributed by atoms with Crippen LogP contribution in [0.4, 0.5) is 10.5 Å². The number of aliphatic carboxylic acids is 1. The maximum atomic E-state index is 12.4. The first kappa shape index (κ1) is 24.0. The maximum absolute atomic E-state index is 12.4. The molecule has 35 heavy (non-hydrogen) atoms. The molecule has 4 rings (SSSR count). The Morgan fingerprint density at radius 3 is 2.26 bits per heavy atom. The van der Waals surface area contributed by atoms with E-state index in [-0.39, 0.29) is 37.3 Å². The second-order valence-electron chi connectivity index (χ2n) is 8.73. The summed E-state index contributed by atoms with van der Waals surface area (Å²) in [5.41, 5.74) is 5.80. The molecule has 3 N–H and O–H groups in total. The highest BCUT2D eigenvalue weighted by Crippen LogP contribution is 2.44. The average molecular weight is 473 g/mol. The van der Waals surface area contributed by atoms with Gasteiger partial charge in [-0.1, -0.05) is 60.7 Å². The maximum Gasteiger partial charge on any atom is 0.407 e. The van der Waals surface area contributed by atoms with Crippen molar-refractivity contribution in [1.29, 1.82) is 0 Å². The first-order chi connectivity index (χ1) is 16.9. The minimum Gasteiger partial charge on any atom is -0.481 e. The highest BCUT2D eigenvalue weighted by molar-refractivity contribution is 5.91. The minimum absolute atomic E-state index is 0.00822. The molecule has 0 aliphatic heterocycles. The number of fused-ring (bicyclic) bond motifs is 3. The van der Waals surface area contributed by atoms with Crippen molar-refractivity contribution < 1.29 is 24.2 Å². The molecule has 0 bridgehead atoms. The number of hydrogen-bond donors (Lipinski definition) is 3. The molecule has 1 aliphatic rings. The topological polar surface area (TPSA) is 105 Å². The Bertz CT molecular complexity index is 1190. The number of carboxylic acid groups (broad SMARTS) is 1. The summed E-state index contributed by atoms with van der Waals surface area (Å²) in [5, 5.41) is 14.5. The molecule has 2 amide bonds. The number of alkyl carbamates (subject to hydrolysis) is 1. The Morgan fingerprint density at radius 2 is 1.60 bits per heavy atom. The Morgan fingerprint density at radius 1 is 0.943 bits per heavy atom. The third-order valence-corrected chi connectivity index (χ3v) is 6.08. The summed E-state index contributed by atoms with van der Waals surface area (Å²) in [5.74, 6) is -1.15. The Balaban J connectivity index is 1.24. The Labute approximate surface area is 204 Å². The molecule has 0 saturated heterocycles. The van der Waals surface area contributed by atoms with E-state index in [4.69, 9.17) is 9.84 Å². The van der Waals surface area contributed by atoms with Crippen molar-refractivity contribution in [1.82, 2.24) is 5.32 Å². The molecule has 1 atom stereocenters. The molecule has 0 fully saturated rings. The minimum atomic E-state index is -0.929. The van der Waals surface area contributed by atoms with Gasteiger partial charge in [-0.15, -0.1) is 0 Å². The van der Waals surface area contributed by atoms with Gasteiger partial charge in [0.15, 0.2) is 0 Å². The van der Waals surface area contributed by atoms with E-state index in [1.807, 2.05) is 31.2 Å². The lowest BCUT2D eigenvalue weighted by atomic mass is 9.98. The molecule has 0 heterocycles. The van der Waals surface area contributed by atoms with E-state index in [0.717, 1.165) is 11.1 Å². The molecule has 0 saturated carbocycles. The largest absolute Gasteiger partial charge is 0.481 e. The molecule has 0 radical (unpaired) electrons. The second kappa shape index (κ2) is 10.9. The number of anilines is 1. The smallest absolute Gasteiger partial charge is 0.407 e. The van der Waals surface area contributed by atoms with Crippen LogP contribution in [0.5, 0.6) is 0 Å². The van der Waals surface area contributed by atoms with E-state index in [1.165, 1.54) is 11.1 Å². The van der Waals surface area contributed by atoms with Gasteiger partial charge in [0, 0.05) is 24.1 Å². The summed E-state index contributed by atoms with van der Waals surface area (Å²) in [6.45, 7) is 2.06. The lowest BCUT2D eigenvalue weighted by molar-refractivity contribution is -0.136. The number of carbonyl (C=O) groups excluding carboxylic acids is 2. The summed E-state index contributed by atoms with van der Waals surface area (Å²) in [4.78, 5) is 35.6. The van der Waals surface area contributed by atoms with Crippen molar-refractivity contribution in [2.24, 2.45) is 0 Å². The Hall–Kier alpha value is -4.13. The SMILES string of the molecule is CC(CCC(=O)Nc1cccc(CC(=O)O)c1)NC(=O)OCC1c2ccccc2-c2ccccc21.